The lowest BCUT2D eigenvalue weighted by Gasteiger charge is -2.62. The third-order valence-electron chi connectivity index (χ3n) is 8.27. The molecular weight excluding hydrogens is 408 g/mol. The van der Waals surface area contributed by atoms with E-state index in [4.69, 9.17) is 13.9 Å². The summed E-state index contributed by atoms with van der Waals surface area (Å²) in [6.45, 7) is 10.4. The van der Waals surface area contributed by atoms with Crippen LogP contribution in [0.3, 0.4) is 0 Å². The molecular formula is C26H34O6. The van der Waals surface area contributed by atoms with Gasteiger partial charge in [-0.1, -0.05) is 20.8 Å². The van der Waals surface area contributed by atoms with Crippen LogP contribution in [-0.2, 0) is 9.53 Å². The van der Waals surface area contributed by atoms with E-state index in [0.717, 1.165) is 24.6 Å². The van der Waals surface area contributed by atoms with E-state index in [0.29, 0.717) is 24.4 Å². The van der Waals surface area contributed by atoms with Crippen molar-refractivity contribution < 1.29 is 23.8 Å². The van der Waals surface area contributed by atoms with Gasteiger partial charge in [0.1, 0.15) is 17.4 Å². The van der Waals surface area contributed by atoms with Crippen molar-refractivity contribution in [1.82, 2.24) is 0 Å². The van der Waals surface area contributed by atoms with Crippen LogP contribution in [0.1, 0.15) is 60.3 Å². The molecule has 2 aliphatic rings. The minimum atomic E-state index is -0.862. The van der Waals surface area contributed by atoms with E-state index in [1.54, 1.807) is 12.1 Å². The van der Waals surface area contributed by atoms with Crippen molar-refractivity contribution in [2.45, 2.75) is 72.0 Å². The Labute approximate surface area is 188 Å². The number of hydrogen-bond donors (Lipinski definition) is 1. The standard InChI is InChI=1S/C26H34O6/c1-16(27)31-22-11-12-25(4)20(24(22,2)3)10-13-26(5,29)21(25)15-30-18-8-6-17-7-9-23(28)32-19(17)14-18/h6-9,14,20-22,29H,10-13,15H2,1-5H3/t20-,21-,22-,25-,26+/m1/s1. The van der Waals surface area contributed by atoms with Crippen LogP contribution in [0.2, 0.25) is 0 Å². The van der Waals surface area contributed by atoms with Gasteiger partial charge in [-0.2, -0.15) is 0 Å². The van der Waals surface area contributed by atoms with Gasteiger partial charge in [-0.05, 0) is 62.1 Å². The summed E-state index contributed by atoms with van der Waals surface area (Å²) in [6.07, 6.45) is 3.06. The number of benzene rings is 1. The van der Waals surface area contributed by atoms with Crippen LogP contribution in [-0.4, -0.2) is 29.4 Å². The molecule has 5 atom stereocenters. The van der Waals surface area contributed by atoms with Crippen LogP contribution in [0, 0.1) is 22.7 Å². The second kappa shape index (κ2) is 7.91. The molecule has 1 N–H and O–H groups in total. The molecule has 6 heteroatoms. The highest BCUT2D eigenvalue weighted by atomic mass is 16.5. The molecule has 0 spiro atoms. The van der Waals surface area contributed by atoms with Crippen LogP contribution < -0.4 is 10.4 Å². The van der Waals surface area contributed by atoms with Gasteiger partial charge >= 0.3 is 11.6 Å². The number of rotatable bonds is 4. The second-order valence-electron chi connectivity index (χ2n) is 10.7. The predicted octanol–water partition coefficient (Wildman–Crippen LogP) is 4.71. The van der Waals surface area contributed by atoms with Crippen molar-refractivity contribution in [2.24, 2.45) is 22.7 Å². The largest absolute Gasteiger partial charge is 0.493 e. The first-order valence-corrected chi connectivity index (χ1v) is 11.5. The van der Waals surface area contributed by atoms with Crippen LogP contribution in [0.15, 0.2) is 39.5 Å². The van der Waals surface area contributed by atoms with Crippen molar-refractivity contribution in [1.29, 1.82) is 0 Å². The maximum Gasteiger partial charge on any atom is 0.336 e. The Hall–Kier alpha value is -2.34. The fourth-order valence-electron chi connectivity index (χ4n) is 6.59. The highest BCUT2D eigenvalue weighted by Crippen LogP contribution is 2.62. The Kier molecular flexibility index (Phi) is 5.64. The molecule has 0 radical (unpaired) electrons. The maximum absolute atomic E-state index is 11.7. The topological polar surface area (TPSA) is 86.0 Å². The number of carbonyl (C=O) groups excluding carboxylic acids is 1. The van der Waals surface area contributed by atoms with Gasteiger partial charge in [-0.3, -0.25) is 4.79 Å². The number of esters is 1. The third-order valence-corrected chi connectivity index (χ3v) is 8.27. The van der Waals surface area contributed by atoms with Gasteiger partial charge in [0.05, 0.1) is 12.2 Å². The van der Waals surface area contributed by atoms with Crippen LogP contribution in [0.5, 0.6) is 5.75 Å². The van der Waals surface area contributed by atoms with Crippen LogP contribution in [0.4, 0.5) is 0 Å². The lowest BCUT2D eigenvalue weighted by molar-refractivity contribution is -0.210. The molecule has 6 nitrogen and oxygen atoms in total. The number of fused-ring (bicyclic) bond motifs is 2. The van der Waals surface area contributed by atoms with Crippen LogP contribution in [0.25, 0.3) is 11.0 Å². The quantitative estimate of drug-likeness (QED) is 0.545. The highest BCUT2D eigenvalue weighted by Gasteiger charge is 2.61. The zero-order valence-electron chi connectivity index (χ0n) is 19.6. The Balaban J connectivity index is 1.59. The minimum Gasteiger partial charge on any atom is -0.493 e. The van der Waals surface area contributed by atoms with E-state index in [1.807, 2.05) is 19.1 Å². The van der Waals surface area contributed by atoms with Crippen molar-refractivity contribution in [3.63, 3.8) is 0 Å². The SMILES string of the molecule is CC(=O)O[C@@H]1CC[C@]2(C)[C@H](CC[C@](C)(O)[C@@H]2COc2ccc3ccc(=O)oc3c2)C1(C)C. The summed E-state index contributed by atoms with van der Waals surface area (Å²) in [5.74, 6) is 0.569. The second-order valence-corrected chi connectivity index (χ2v) is 10.7. The average Bonchev–Trinajstić information content (AvgIpc) is 2.68. The van der Waals surface area contributed by atoms with Gasteiger partial charge < -0.3 is 19.0 Å². The molecule has 0 saturated heterocycles. The first kappa shape index (κ1) is 22.8. The zero-order valence-corrected chi connectivity index (χ0v) is 19.6. The van der Waals surface area contributed by atoms with Gasteiger partial charge in [0.15, 0.2) is 0 Å². The van der Waals surface area contributed by atoms with Gasteiger partial charge in [-0.15, -0.1) is 0 Å². The number of ether oxygens (including phenoxy) is 2. The summed E-state index contributed by atoms with van der Waals surface area (Å²) >= 11 is 0. The normalized spacial score (nSPS) is 34.0. The number of aliphatic hydroxyl groups is 1. The highest BCUT2D eigenvalue weighted by molar-refractivity contribution is 5.77. The van der Waals surface area contributed by atoms with Gasteiger partial charge in [0.2, 0.25) is 0 Å². The fraction of sp³-hybridized carbons (Fsp3) is 0.615. The molecule has 0 aliphatic heterocycles. The molecule has 1 heterocycles. The van der Waals surface area contributed by atoms with E-state index < -0.39 is 11.2 Å². The average molecular weight is 443 g/mol. The molecule has 1 aromatic carbocycles. The van der Waals surface area contributed by atoms with E-state index in [2.05, 4.69) is 20.8 Å². The molecule has 2 fully saturated rings. The van der Waals surface area contributed by atoms with Crippen molar-refractivity contribution in [2.75, 3.05) is 6.61 Å². The fourth-order valence-corrected chi connectivity index (χ4v) is 6.59. The molecule has 2 saturated carbocycles. The maximum atomic E-state index is 11.7. The summed E-state index contributed by atoms with van der Waals surface area (Å²) in [6, 6.07) is 8.59. The minimum absolute atomic E-state index is 0.0928. The van der Waals surface area contributed by atoms with E-state index in [1.165, 1.54) is 13.0 Å². The smallest absolute Gasteiger partial charge is 0.336 e. The molecule has 1 aromatic heterocycles. The molecule has 4 rings (SSSR count). The van der Waals surface area contributed by atoms with Gasteiger partial charge in [0.25, 0.3) is 0 Å². The molecule has 2 aliphatic carbocycles. The summed E-state index contributed by atoms with van der Waals surface area (Å²) < 4.78 is 17.2. The van der Waals surface area contributed by atoms with Crippen molar-refractivity contribution in [3.05, 3.63) is 40.8 Å². The predicted molar refractivity (Wildman–Crippen MR) is 121 cm³/mol. The summed E-state index contributed by atoms with van der Waals surface area (Å²) in [5, 5.41) is 12.2. The van der Waals surface area contributed by atoms with E-state index in [-0.39, 0.29) is 34.7 Å². The zero-order chi connectivity index (χ0) is 23.3. The molecule has 0 amide bonds. The van der Waals surface area contributed by atoms with Gasteiger partial charge in [0, 0.05) is 35.8 Å². The van der Waals surface area contributed by atoms with Crippen molar-refractivity contribution in [3.8, 4) is 5.75 Å². The lowest BCUT2D eigenvalue weighted by Crippen LogP contribution is -2.62. The van der Waals surface area contributed by atoms with Gasteiger partial charge in [-0.25, -0.2) is 4.79 Å². The Bertz CT molecular complexity index is 1070. The van der Waals surface area contributed by atoms with E-state index in [9.17, 15) is 14.7 Å². The number of carbonyl (C=O) groups is 1. The van der Waals surface area contributed by atoms with Crippen molar-refractivity contribution >= 4 is 16.9 Å². The molecule has 0 bridgehead atoms. The summed E-state index contributed by atoms with van der Waals surface area (Å²) in [7, 11) is 0. The Morgan fingerprint density at radius 2 is 1.84 bits per heavy atom. The molecule has 174 valence electrons. The van der Waals surface area contributed by atoms with E-state index >= 15 is 0 Å². The lowest BCUT2D eigenvalue weighted by atomic mass is 9.45. The third kappa shape index (κ3) is 3.94. The molecule has 0 unspecified atom stereocenters. The Morgan fingerprint density at radius 3 is 2.56 bits per heavy atom. The number of hydrogen-bond acceptors (Lipinski definition) is 6. The first-order valence-electron chi connectivity index (χ1n) is 11.5. The van der Waals surface area contributed by atoms with Crippen LogP contribution >= 0.6 is 0 Å². The molecule has 2 aromatic rings. The first-order chi connectivity index (χ1) is 14.9. The molecule has 32 heavy (non-hydrogen) atoms. The summed E-state index contributed by atoms with van der Waals surface area (Å²) in [4.78, 5) is 23.2. The summed E-state index contributed by atoms with van der Waals surface area (Å²) in [5.41, 5.74) is -1.13. The Morgan fingerprint density at radius 1 is 1.12 bits per heavy atom. The monoisotopic (exact) mass is 442 g/mol.